The number of nitrogens with zero attached hydrogens (tertiary/aromatic N) is 1. The van der Waals surface area contributed by atoms with Crippen LogP contribution in [0.2, 0.25) is 0 Å². The summed E-state index contributed by atoms with van der Waals surface area (Å²) >= 11 is 0. The van der Waals surface area contributed by atoms with Crippen molar-refractivity contribution in [3.8, 4) is 0 Å². The lowest BCUT2D eigenvalue weighted by molar-refractivity contribution is -0.0704. The molecule has 0 aromatic heterocycles. The van der Waals surface area contributed by atoms with Gasteiger partial charge >= 0.3 is 0 Å². The highest BCUT2D eigenvalue weighted by atomic mass is 16.5. The molecule has 3 rings (SSSR count). The average molecular weight is 367 g/mol. The van der Waals surface area contributed by atoms with Gasteiger partial charge in [-0.05, 0) is 51.0 Å². The highest BCUT2D eigenvalue weighted by Gasteiger charge is 2.22. The molecule has 0 aliphatic carbocycles. The van der Waals surface area contributed by atoms with E-state index < -0.39 is 0 Å². The molecular weight excluding hydrogens is 336 g/mol. The van der Waals surface area contributed by atoms with Crippen molar-refractivity contribution in [2.45, 2.75) is 52.5 Å². The lowest BCUT2D eigenvalue weighted by Crippen LogP contribution is -2.44. The molecule has 144 valence electrons. The van der Waals surface area contributed by atoms with E-state index in [0.29, 0.717) is 5.56 Å². The van der Waals surface area contributed by atoms with Gasteiger partial charge in [-0.25, -0.2) is 0 Å². The number of hydrogen-bond donors (Lipinski definition) is 1. The molecule has 1 heterocycles. The molecule has 3 atom stereocenters. The number of amides is 1. The third-order valence-corrected chi connectivity index (χ3v) is 5.04. The summed E-state index contributed by atoms with van der Waals surface area (Å²) in [6, 6.07) is 16.2. The molecule has 2 aromatic carbocycles. The number of nitrogens with one attached hydrogen (secondary N) is 1. The minimum absolute atomic E-state index is 0.0194. The Balaban J connectivity index is 1.57. The van der Waals surface area contributed by atoms with Crippen LogP contribution in [-0.2, 0) is 11.3 Å². The summed E-state index contributed by atoms with van der Waals surface area (Å²) in [7, 11) is 0. The minimum Gasteiger partial charge on any atom is -0.373 e. The predicted octanol–water partition coefficient (Wildman–Crippen LogP) is 4.10. The summed E-state index contributed by atoms with van der Waals surface area (Å²) in [6.07, 6.45) is 0.532. The Hall–Kier alpha value is -2.17. The molecule has 1 amide bonds. The van der Waals surface area contributed by atoms with Crippen LogP contribution < -0.4 is 5.32 Å². The lowest BCUT2D eigenvalue weighted by atomic mass is 10.1. The van der Waals surface area contributed by atoms with Crippen molar-refractivity contribution >= 4 is 5.91 Å². The Morgan fingerprint density at radius 1 is 1.07 bits per heavy atom. The first-order valence-electron chi connectivity index (χ1n) is 9.75. The Labute approximate surface area is 162 Å². The molecule has 4 heteroatoms. The van der Waals surface area contributed by atoms with Crippen LogP contribution in [0.3, 0.4) is 0 Å². The number of hydrogen-bond acceptors (Lipinski definition) is 3. The van der Waals surface area contributed by atoms with Crippen molar-refractivity contribution in [1.82, 2.24) is 10.2 Å². The monoisotopic (exact) mass is 366 g/mol. The standard InChI is InChI=1S/C23H30N2O2/c1-16-5-9-21(10-6-16)19(4)24-23(26)22-11-7-20(8-12-22)15-25-13-17(2)27-18(3)14-25/h5-12,17-19H,13-15H2,1-4H3,(H,24,26). The van der Waals surface area contributed by atoms with E-state index in [0.717, 1.165) is 25.2 Å². The molecular formula is C23H30N2O2. The van der Waals surface area contributed by atoms with Gasteiger partial charge in [-0.15, -0.1) is 0 Å². The van der Waals surface area contributed by atoms with Crippen LogP contribution in [0.4, 0.5) is 0 Å². The van der Waals surface area contributed by atoms with E-state index in [-0.39, 0.29) is 24.2 Å². The maximum absolute atomic E-state index is 12.5. The third-order valence-electron chi connectivity index (χ3n) is 5.04. The SMILES string of the molecule is Cc1ccc(C(C)NC(=O)c2ccc(CN3CC(C)OC(C)C3)cc2)cc1. The Bertz CT molecular complexity index is 745. The molecule has 0 saturated carbocycles. The van der Waals surface area contributed by atoms with Gasteiger partial charge in [0, 0.05) is 25.2 Å². The molecule has 3 unspecified atom stereocenters. The van der Waals surface area contributed by atoms with Gasteiger partial charge in [-0.3, -0.25) is 9.69 Å². The summed E-state index contributed by atoms with van der Waals surface area (Å²) in [5, 5.41) is 3.08. The summed E-state index contributed by atoms with van der Waals surface area (Å²) in [5.41, 5.74) is 4.25. The van der Waals surface area contributed by atoms with Crippen LogP contribution in [0.15, 0.2) is 48.5 Å². The Kier molecular flexibility index (Phi) is 6.30. The number of benzene rings is 2. The zero-order chi connectivity index (χ0) is 19.4. The number of carbonyl (C=O) groups is 1. The summed E-state index contributed by atoms with van der Waals surface area (Å²) in [4.78, 5) is 15.0. The van der Waals surface area contributed by atoms with Gasteiger partial charge in [0.05, 0.1) is 18.2 Å². The van der Waals surface area contributed by atoms with Gasteiger partial charge in [0.25, 0.3) is 5.91 Å². The maximum Gasteiger partial charge on any atom is 0.251 e. The number of morpholine rings is 1. The van der Waals surface area contributed by atoms with E-state index in [1.54, 1.807) is 0 Å². The highest BCUT2D eigenvalue weighted by molar-refractivity contribution is 5.94. The van der Waals surface area contributed by atoms with Gasteiger partial charge in [0.15, 0.2) is 0 Å². The minimum atomic E-state index is -0.0387. The van der Waals surface area contributed by atoms with E-state index in [9.17, 15) is 4.79 Å². The van der Waals surface area contributed by atoms with Gasteiger partial charge in [-0.1, -0.05) is 42.0 Å². The number of rotatable bonds is 5. The summed E-state index contributed by atoms with van der Waals surface area (Å²) in [6.45, 7) is 11.1. The molecule has 1 aliphatic rings. The van der Waals surface area contributed by atoms with Crippen molar-refractivity contribution in [2.24, 2.45) is 0 Å². The smallest absolute Gasteiger partial charge is 0.251 e. The summed E-state index contributed by atoms with van der Waals surface area (Å²) < 4.78 is 5.79. The third kappa shape index (κ3) is 5.41. The topological polar surface area (TPSA) is 41.6 Å². The number of aryl methyl sites for hydroxylation is 1. The van der Waals surface area contributed by atoms with Gasteiger partial charge in [0.2, 0.25) is 0 Å². The second-order valence-electron chi connectivity index (χ2n) is 7.75. The van der Waals surface area contributed by atoms with E-state index in [2.05, 4.69) is 67.4 Å². The van der Waals surface area contributed by atoms with E-state index in [4.69, 9.17) is 4.74 Å². The predicted molar refractivity (Wildman–Crippen MR) is 109 cm³/mol. The Morgan fingerprint density at radius 2 is 1.67 bits per heavy atom. The van der Waals surface area contributed by atoms with Gasteiger partial charge in [0.1, 0.15) is 0 Å². The molecule has 27 heavy (non-hydrogen) atoms. The number of carbonyl (C=O) groups excluding carboxylic acids is 1. The normalized spacial score (nSPS) is 21.6. The maximum atomic E-state index is 12.5. The van der Waals surface area contributed by atoms with Crippen LogP contribution >= 0.6 is 0 Å². The van der Waals surface area contributed by atoms with Gasteiger partial charge < -0.3 is 10.1 Å². The first-order chi connectivity index (χ1) is 12.9. The molecule has 1 fully saturated rings. The van der Waals surface area contributed by atoms with Crippen LogP contribution in [0.25, 0.3) is 0 Å². The van der Waals surface area contributed by atoms with Crippen LogP contribution in [-0.4, -0.2) is 36.1 Å². The molecule has 1 saturated heterocycles. The van der Waals surface area contributed by atoms with Crippen molar-refractivity contribution in [1.29, 1.82) is 0 Å². The Morgan fingerprint density at radius 3 is 2.26 bits per heavy atom. The highest BCUT2D eigenvalue weighted by Crippen LogP contribution is 2.16. The summed E-state index contributed by atoms with van der Waals surface area (Å²) in [5.74, 6) is -0.0387. The van der Waals surface area contributed by atoms with Crippen molar-refractivity contribution in [2.75, 3.05) is 13.1 Å². The molecule has 1 N–H and O–H groups in total. The van der Waals surface area contributed by atoms with Crippen molar-refractivity contribution in [3.05, 3.63) is 70.8 Å². The fourth-order valence-corrected chi connectivity index (χ4v) is 3.65. The zero-order valence-electron chi connectivity index (χ0n) is 16.7. The largest absolute Gasteiger partial charge is 0.373 e. The van der Waals surface area contributed by atoms with E-state index >= 15 is 0 Å². The fraction of sp³-hybridized carbons (Fsp3) is 0.435. The van der Waals surface area contributed by atoms with Crippen LogP contribution in [0, 0.1) is 6.92 Å². The molecule has 1 aliphatic heterocycles. The van der Waals surface area contributed by atoms with Gasteiger partial charge in [-0.2, -0.15) is 0 Å². The molecule has 0 spiro atoms. The van der Waals surface area contributed by atoms with E-state index in [1.165, 1.54) is 11.1 Å². The van der Waals surface area contributed by atoms with Crippen LogP contribution in [0.1, 0.15) is 53.9 Å². The average Bonchev–Trinajstić information content (AvgIpc) is 2.62. The molecule has 0 bridgehead atoms. The first-order valence-corrected chi connectivity index (χ1v) is 9.75. The second-order valence-corrected chi connectivity index (χ2v) is 7.75. The zero-order valence-corrected chi connectivity index (χ0v) is 16.7. The first kappa shape index (κ1) is 19.6. The van der Waals surface area contributed by atoms with E-state index in [1.807, 2.05) is 19.1 Å². The van der Waals surface area contributed by atoms with Crippen molar-refractivity contribution in [3.63, 3.8) is 0 Å². The second kappa shape index (κ2) is 8.68. The molecule has 0 radical (unpaired) electrons. The van der Waals surface area contributed by atoms with Crippen molar-refractivity contribution < 1.29 is 9.53 Å². The number of ether oxygens (including phenoxy) is 1. The lowest BCUT2D eigenvalue weighted by Gasteiger charge is -2.35. The fourth-order valence-electron chi connectivity index (χ4n) is 3.65. The molecule has 4 nitrogen and oxygen atoms in total. The quantitative estimate of drug-likeness (QED) is 0.866. The molecule has 2 aromatic rings. The van der Waals surface area contributed by atoms with Crippen LogP contribution in [0.5, 0.6) is 0 Å².